The lowest BCUT2D eigenvalue weighted by Gasteiger charge is -2.13. The topological polar surface area (TPSA) is 33.3 Å². The molecule has 0 bridgehead atoms. The number of hydrogen-bond acceptors (Lipinski definition) is 2. The molecule has 0 heterocycles. The lowest BCUT2D eigenvalue weighted by Crippen LogP contribution is -2.30. The Hall–Kier alpha value is -1.13. The van der Waals surface area contributed by atoms with Crippen molar-refractivity contribution in [3.63, 3.8) is 0 Å². The molecule has 0 aliphatic heterocycles. The summed E-state index contributed by atoms with van der Waals surface area (Å²) in [6.07, 6.45) is 6.62. The maximum atomic E-state index is 5.83. The fourth-order valence-electron chi connectivity index (χ4n) is 2.71. The molecule has 0 unspecified atom stereocenters. The van der Waals surface area contributed by atoms with Gasteiger partial charge in [-0.2, -0.15) is 0 Å². The standard InChI is InChI=1S/C18H28N2OS/c1-14(2)15-8-10-16(11-9-15)20-18(22)19-12-5-13-21-17-6-3-4-7-17/h8-11,14,17H,3-7,12-13H2,1-2H3,(H2,19,20,22). The zero-order chi connectivity index (χ0) is 15.8. The molecule has 4 heteroatoms. The predicted molar refractivity (Wildman–Crippen MR) is 97.6 cm³/mol. The number of rotatable bonds is 7. The number of nitrogens with one attached hydrogen (secondary N) is 2. The lowest BCUT2D eigenvalue weighted by atomic mass is 10.0. The molecule has 2 rings (SSSR count). The summed E-state index contributed by atoms with van der Waals surface area (Å²) in [4.78, 5) is 0. The van der Waals surface area contributed by atoms with Crippen LogP contribution in [0.4, 0.5) is 5.69 Å². The van der Waals surface area contributed by atoms with Crippen LogP contribution in [-0.2, 0) is 4.74 Å². The second-order valence-corrected chi connectivity index (χ2v) is 6.70. The van der Waals surface area contributed by atoms with Gasteiger partial charge in [-0.1, -0.05) is 38.8 Å². The molecule has 1 aliphatic carbocycles. The highest BCUT2D eigenvalue weighted by molar-refractivity contribution is 7.80. The minimum atomic E-state index is 0.504. The van der Waals surface area contributed by atoms with Crippen molar-refractivity contribution in [3.8, 4) is 0 Å². The first kappa shape index (κ1) is 17.2. The number of anilines is 1. The van der Waals surface area contributed by atoms with Gasteiger partial charge in [0.05, 0.1) is 6.10 Å². The molecule has 0 aromatic heterocycles. The minimum Gasteiger partial charge on any atom is -0.378 e. The highest BCUT2D eigenvalue weighted by Gasteiger charge is 2.14. The maximum absolute atomic E-state index is 5.83. The number of benzene rings is 1. The molecule has 1 fully saturated rings. The monoisotopic (exact) mass is 320 g/mol. The summed E-state index contributed by atoms with van der Waals surface area (Å²) in [6.45, 7) is 6.07. The Kier molecular flexibility index (Phi) is 7.13. The second-order valence-electron chi connectivity index (χ2n) is 6.29. The molecule has 2 N–H and O–H groups in total. The maximum Gasteiger partial charge on any atom is 0.170 e. The first-order valence-electron chi connectivity index (χ1n) is 8.41. The zero-order valence-corrected chi connectivity index (χ0v) is 14.5. The summed E-state index contributed by atoms with van der Waals surface area (Å²) in [7, 11) is 0. The highest BCUT2D eigenvalue weighted by Crippen LogP contribution is 2.20. The third kappa shape index (κ3) is 5.93. The zero-order valence-electron chi connectivity index (χ0n) is 13.7. The Labute approximate surface area is 139 Å². The predicted octanol–water partition coefficient (Wildman–Crippen LogP) is 4.45. The van der Waals surface area contributed by atoms with E-state index in [1.54, 1.807) is 0 Å². The molecule has 1 aliphatic rings. The quantitative estimate of drug-likeness (QED) is 0.574. The van der Waals surface area contributed by atoms with Crippen LogP contribution in [0.1, 0.15) is 57.4 Å². The van der Waals surface area contributed by atoms with Crippen LogP contribution in [0.3, 0.4) is 0 Å². The van der Waals surface area contributed by atoms with Crippen molar-refractivity contribution in [2.45, 2.75) is 58.0 Å². The summed E-state index contributed by atoms with van der Waals surface area (Å²) in [5.74, 6) is 0.555. The van der Waals surface area contributed by atoms with E-state index in [9.17, 15) is 0 Å². The molecular formula is C18H28N2OS. The molecule has 22 heavy (non-hydrogen) atoms. The molecule has 122 valence electrons. The summed E-state index contributed by atoms with van der Waals surface area (Å²) in [5.41, 5.74) is 2.37. The van der Waals surface area contributed by atoms with Crippen molar-refractivity contribution in [1.29, 1.82) is 0 Å². The van der Waals surface area contributed by atoms with Crippen molar-refractivity contribution in [3.05, 3.63) is 29.8 Å². The van der Waals surface area contributed by atoms with E-state index < -0.39 is 0 Å². The lowest BCUT2D eigenvalue weighted by molar-refractivity contribution is 0.0574. The van der Waals surface area contributed by atoms with Crippen molar-refractivity contribution >= 4 is 23.0 Å². The van der Waals surface area contributed by atoms with Gasteiger partial charge in [-0.25, -0.2) is 0 Å². The Morgan fingerprint density at radius 2 is 1.91 bits per heavy atom. The number of ether oxygens (including phenoxy) is 1. The summed E-state index contributed by atoms with van der Waals surface area (Å²) >= 11 is 5.31. The van der Waals surface area contributed by atoms with Gasteiger partial charge in [-0.3, -0.25) is 0 Å². The minimum absolute atomic E-state index is 0.504. The van der Waals surface area contributed by atoms with E-state index >= 15 is 0 Å². The van der Waals surface area contributed by atoms with E-state index in [1.165, 1.54) is 31.2 Å². The molecule has 1 saturated carbocycles. The van der Waals surface area contributed by atoms with Crippen LogP contribution in [0, 0.1) is 0 Å². The number of hydrogen-bond donors (Lipinski definition) is 2. The average molecular weight is 321 g/mol. The Bertz CT molecular complexity index is 453. The van der Waals surface area contributed by atoms with Crippen molar-refractivity contribution in [1.82, 2.24) is 5.32 Å². The van der Waals surface area contributed by atoms with Gasteiger partial charge in [0.25, 0.3) is 0 Å². The van der Waals surface area contributed by atoms with E-state index in [0.717, 1.165) is 25.3 Å². The van der Waals surface area contributed by atoms with Crippen LogP contribution in [-0.4, -0.2) is 24.4 Å². The highest BCUT2D eigenvalue weighted by atomic mass is 32.1. The molecular weight excluding hydrogens is 292 g/mol. The van der Waals surface area contributed by atoms with Gasteiger partial charge in [-0.05, 0) is 55.1 Å². The summed E-state index contributed by atoms with van der Waals surface area (Å²) < 4.78 is 5.83. The summed E-state index contributed by atoms with van der Waals surface area (Å²) in [5, 5.41) is 7.13. The van der Waals surface area contributed by atoms with E-state index in [4.69, 9.17) is 17.0 Å². The number of thiocarbonyl (C=S) groups is 1. The Balaban J connectivity index is 1.58. The molecule has 0 radical (unpaired) electrons. The summed E-state index contributed by atoms with van der Waals surface area (Å²) in [6, 6.07) is 8.44. The smallest absolute Gasteiger partial charge is 0.170 e. The van der Waals surface area contributed by atoms with Crippen LogP contribution in [0.2, 0.25) is 0 Å². The molecule has 0 atom stereocenters. The largest absolute Gasteiger partial charge is 0.378 e. The average Bonchev–Trinajstić information content (AvgIpc) is 3.00. The van der Waals surface area contributed by atoms with E-state index in [2.05, 4.69) is 48.7 Å². The third-order valence-corrected chi connectivity index (χ3v) is 4.34. The molecule has 1 aromatic carbocycles. The van der Waals surface area contributed by atoms with Crippen LogP contribution in [0.15, 0.2) is 24.3 Å². The van der Waals surface area contributed by atoms with E-state index in [1.807, 2.05) is 0 Å². The molecule has 0 amide bonds. The van der Waals surface area contributed by atoms with Crippen LogP contribution >= 0.6 is 12.2 Å². The molecule has 1 aromatic rings. The van der Waals surface area contributed by atoms with Crippen LogP contribution in [0.5, 0.6) is 0 Å². The van der Waals surface area contributed by atoms with Crippen molar-refractivity contribution in [2.24, 2.45) is 0 Å². The molecule has 0 spiro atoms. The second kappa shape index (κ2) is 9.11. The van der Waals surface area contributed by atoms with Gasteiger partial charge in [0.1, 0.15) is 0 Å². The first-order valence-corrected chi connectivity index (χ1v) is 8.82. The van der Waals surface area contributed by atoms with Crippen LogP contribution in [0.25, 0.3) is 0 Å². The normalized spacial score (nSPS) is 15.2. The van der Waals surface area contributed by atoms with Gasteiger partial charge in [0.2, 0.25) is 0 Å². The Morgan fingerprint density at radius 3 is 2.55 bits per heavy atom. The fraction of sp³-hybridized carbons (Fsp3) is 0.611. The first-order chi connectivity index (χ1) is 10.6. The third-order valence-electron chi connectivity index (χ3n) is 4.10. The van der Waals surface area contributed by atoms with Gasteiger partial charge in [0.15, 0.2) is 5.11 Å². The van der Waals surface area contributed by atoms with Gasteiger partial charge in [-0.15, -0.1) is 0 Å². The van der Waals surface area contributed by atoms with Crippen molar-refractivity contribution < 1.29 is 4.74 Å². The van der Waals surface area contributed by atoms with Crippen LogP contribution < -0.4 is 10.6 Å². The van der Waals surface area contributed by atoms with Gasteiger partial charge < -0.3 is 15.4 Å². The van der Waals surface area contributed by atoms with E-state index in [0.29, 0.717) is 17.1 Å². The molecule has 3 nitrogen and oxygen atoms in total. The fourth-order valence-corrected chi connectivity index (χ4v) is 2.93. The Morgan fingerprint density at radius 1 is 1.23 bits per heavy atom. The van der Waals surface area contributed by atoms with Gasteiger partial charge >= 0.3 is 0 Å². The van der Waals surface area contributed by atoms with Gasteiger partial charge in [0, 0.05) is 18.8 Å². The van der Waals surface area contributed by atoms with E-state index in [-0.39, 0.29) is 0 Å². The van der Waals surface area contributed by atoms with Crippen molar-refractivity contribution in [2.75, 3.05) is 18.5 Å². The molecule has 0 saturated heterocycles. The SMILES string of the molecule is CC(C)c1ccc(NC(=S)NCCCOC2CCCC2)cc1.